The summed E-state index contributed by atoms with van der Waals surface area (Å²) >= 11 is 0. The molecule has 1 aromatic rings. The Morgan fingerprint density at radius 3 is 2.30 bits per heavy atom. The molecule has 6 nitrogen and oxygen atoms in total. The van der Waals surface area contributed by atoms with Gasteiger partial charge in [0.15, 0.2) is 6.29 Å². The number of anilines is 1. The zero-order valence-electron chi connectivity index (χ0n) is 12.0. The van der Waals surface area contributed by atoms with Crippen molar-refractivity contribution in [3.8, 4) is 6.07 Å². The minimum Gasteiger partial charge on any atom is -0.355 e. The Kier molecular flexibility index (Phi) is 3.91. The molecule has 2 heterocycles. The van der Waals surface area contributed by atoms with Gasteiger partial charge in [0.2, 0.25) is 0 Å². The summed E-state index contributed by atoms with van der Waals surface area (Å²) in [5.41, 5.74) is 0.615. The van der Waals surface area contributed by atoms with Gasteiger partial charge < -0.3 is 9.80 Å². The van der Waals surface area contributed by atoms with E-state index >= 15 is 0 Å². The van der Waals surface area contributed by atoms with Crippen LogP contribution in [0.5, 0.6) is 0 Å². The fourth-order valence-corrected chi connectivity index (χ4v) is 2.58. The van der Waals surface area contributed by atoms with E-state index in [-0.39, 0.29) is 11.1 Å². The van der Waals surface area contributed by atoms with E-state index in [1.807, 2.05) is 18.0 Å². The average Bonchev–Trinajstić information content (AvgIpc) is 2.44. The molecule has 0 unspecified atom stereocenters. The summed E-state index contributed by atoms with van der Waals surface area (Å²) in [6, 6.07) is 1.90. The van der Waals surface area contributed by atoms with Crippen molar-refractivity contribution < 1.29 is 4.79 Å². The second-order valence-corrected chi connectivity index (χ2v) is 5.12. The summed E-state index contributed by atoms with van der Waals surface area (Å²) in [7, 11) is 3.66. The highest BCUT2D eigenvalue weighted by Gasteiger charge is 2.23. The normalized spacial score (nSPS) is 16.0. The fraction of sp³-hybridized carbons (Fsp3) is 0.500. The standard InChI is InChI=1S/C14H18N4O2/c1-10-11(8-15)14(20)17(3)13(12(10)9-19)18-6-4-16(2)5-7-18/h9H,4-7H2,1-3H3. The monoisotopic (exact) mass is 274 g/mol. The molecule has 0 spiro atoms. The lowest BCUT2D eigenvalue weighted by Gasteiger charge is -2.35. The summed E-state index contributed by atoms with van der Waals surface area (Å²) in [5.74, 6) is 0.620. The zero-order valence-corrected chi connectivity index (χ0v) is 12.0. The summed E-state index contributed by atoms with van der Waals surface area (Å²) in [5, 5.41) is 9.08. The third-order valence-electron chi connectivity index (χ3n) is 3.89. The summed E-state index contributed by atoms with van der Waals surface area (Å²) in [4.78, 5) is 27.9. The molecule has 20 heavy (non-hydrogen) atoms. The van der Waals surface area contributed by atoms with Gasteiger partial charge in [-0.1, -0.05) is 0 Å². The molecule has 0 amide bonds. The van der Waals surface area contributed by atoms with Gasteiger partial charge in [-0.05, 0) is 19.5 Å². The van der Waals surface area contributed by atoms with Crippen LogP contribution < -0.4 is 10.5 Å². The topological polar surface area (TPSA) is 69.3 Å². The molecule has 2 rings (SSSR count). The van der Waals surface area contributed by atoms with E-state index in [2.05, 4.69) is 4.90 Å². The number of aromatic nitrogens is 1. The van der Waals surface area contributed by atoms with Crippen LogP contribution in [0.15, 0.2) is 4.79 Å². The summed E-state index contributed by atoms with van der Waals surface area (Å²) < 4.78 is 1.42. The number of hydrogen-bond donors (Lipinski definition) is 0. The first-order valence-corrected chi connectivity index (χ1v) is 6.53. The second kappa shape index (κ2) is 5.47. The molecule has 1 aliphatic rings. The minimum absolute atomic E-state index is 0.0486. The first-order valence-electron chi connectivity index (χ1n) is 6.53. The highest BCUT2D eigenvalue weighted by molar-refractivity contribution is 5.86. The zero-order chi connectivity index (χ0) is 14.9. The van der Waals surface area contributed by atoms with Gasteiger partial charge in [0, 0.05) is 33.2 Å². The number of likely N-dealkylation sites (N-methyl/N-ethyl adjacent to an activating group) is 1. The van der Waals surface area contributed by atoms with Crippen LogP contribution in [0.3, 0.4) is 0 Å². The van der Waals surface area contributed by atoms with Crippen LogP contribution in [-0.2, 0) is 7.05 Å². The molecule has 0 bridgehead atoms. The number of carbonyl (C=O) groups excluding carboxylic acids is 1. The molecular weight excluding hydrogens is 256 g/mol. The van der Waals surface area contributed by atoms with Gasteiger partial charge in [0.25, 0.3) is 5.56 Å². The van der Waals surface area contributed by atoms with Gasteiger partial charge >= 0.3 is 0 Å². The van der Waals surface area contributed by atoms with Crippen molar-refractivity contribution >= 4 is 12.1 Å². The molecule has 0 atom stereocenters. The maximum absolute atomic E-state index is 12.2. The second-order valence-electron chi connectivity index (χ2n) is 5.12. The van der Waals surface area contributed by atoms with Crippen molar-refractivity contribution in [2.75, 3.05) is 38.1 Å². The largest absolute Gasteiger partial charge is 0.355 e. The van der Waals surface area contributed by atoms with Crippen LogP contribution in [-0.4, -0.2) is 49.0 Å². The number of aldehydes is 1. The predicted octanol–water partition coefficient (Wildman–Crippen LogP) is 0.130. The Morgan fingerprint density at radius 1 is 1.20 bits per heavy atom. The van der Waals surface area contributed by atoms with E-state index < -0.39 is 0 Å². The summed E-state index contributed by atoms with van der Waals surface area (Å²) in [6.07, 6.45) is 0.739. The molecule has 1 fully saturated rings. The van der Waals surface area contributed by atoms with E-state index in [1.165, 1.54) is 4.57 Å². The van der Waals surface area contributed by atoms with E-state index in [0.29, 0.717) is 16.9 Å². The lowest BCUT2D eigenvalue weighted by molar-refractivity contribution is 0.112. The fourth-order valence-electron chi connectivity index (χ4n) is 2.58. The van der Waals surface area contributed by atoms with E-state index in [0.717, 1.165) is 32.5 Å². The molecule has 0 N–H and O–H groups in total. The first-order chi connectivity index (χ1) is 9.51. The van der Waals surface area contributed by atoms with Crippen LogP contribution in [0.1, 0.15) is 21.5 Å². The van der Waals surface area contributed by atoms with Crippen molar-refractivity contribution in [3.05, 3.63) is 27.0 Å². The lowest BCUT2D eigenvalue weighted by Crippen LogP contribution is -2.47. The molecular formula is C14H18N4O2. The Hall–Kier alpha value is -2.13. The highest BCUT2D eigenvalue weighted by atomic mass is 16.1. The van der Waals surface area contributed by atoms with Gasteiger partial charge in [0.05, 0.1) is 5.56 Å². The van der Waals surface area contributed by atoms with Crippen molar-refractivity contribution in [3.63, 3.8) is 0 Å². The van der Waals surface area contributed by atoms with E-state index in [4.69, 9.17) is 5.26 Å². The van der Waals surface area contributed by atoms with Crippen LogP contribution >= 0.6 is 0 Å². The molecule has 6 heteroatoms. The number of hydrogen-bond acceptors (Lipinski definition) is 5. The maximum atomic E-state index is 12.2. The number of nitriles is 1. The minimum atomic E-state index is -0.343. The van der Waals surface area contributed by atoms with Gasteiger partial charge in [-0.3, -0.25) is 14.2 Å². The Balaban J connectivity index is 2.61. The smallest absolute Gasteiger partial charge is 0.270 e. The maximum Gasteiger partial charge on any atom is 0.270 e. The first kappa shape index (κ1) is 14.3. The van der Waals surface area contributed by atoms with Crippen LogP contribution in [0, 0.1) is 18.3 Å². The summed E-state index contributed by atoms with van der Waals surface area (Å²) in [6.45, 7) is 4.94. The Labute approximate surface area is 117 Å². The van der Waals surface area contributed by atoms with Crippen molar-refractivity contribution in [1.29, 1.82) is 5.26 Å². The molecule has 1 saturated heterocycles. The van der Waals surface area contributed by atoms with Crippen LogP contribution in [0.25, 0.3) is 0 Å². The van der Waals surface area contributed by atoms with Crippen molar-refractivity contribution in [2.24, 2.45) is 7.05 Å². The van der Waals surface area contributed by atoms with Gasteiger partial charge in [0.1, 0.15) is 17.5 Å². The van der Waals surface area contributed by atoms with Crippen molar-refractivity contribution in [2.45, 2.75) is 6.92 Å². The number of rotatable bonds is 2. The molecule has 1 aromatic heterocycles. The predicted molar refractivity (Wildman–Crippen MR) is 76.2 cm³/mol. The number of carbonyl (C=O) groups is 1. The highest BCUT2D eigenvalue weighted by Crippen LogP contribution is 2.23. The SMILES string of the molecule is Cc1c(C=O)c(N2CCN(C)CC2)n(C)c(=O)c1C#N. The lowest BCUT2D eigenvalue weighted by atomic mass is 10.0. The van der Waals surface area contributed by atoms with Crippen molar-refractivity contribution in [1.82, 2.24) is 9.47 Å². The van der Waals surface area contributed by atoms with E-state index in [1.54, 1.807) is 14.0 Å². The van der Waals surface area contributed by atoms with Gasteiger partial charge in [-0.2, -0.15) is 5.26 Å². The quantitative estimate of drug-likeness (QED) is 0.717. The average molecular weight is 274 g/mol. The third kappa shape index (κ3) is 2.21. The van der Waals surface area contributed by atoms with Gasteiger partial charge in [-0.25, -0.2) is 0 Å². The molecule has 1 aliphatic heterocycles. The third-order valence-corrected chi connectivity index (χ3v) is 3.89. The van der Waals surface area contributed by atoms with Crippen LogP contribution in [0.2, 0.25) is 0 Å². The molecule has 0 radical (unpaired) electrons. The molecule has 106 valence electrons. The number of piperazine rings is 1. The Morgan fingerprint density at radius 2 is 1.80 bits per heavy atom. The molecule has 0 saturated carbocycles. The molecule has 0 aliphatic carbocycles. The van der Waals surface area contributed by atoms with Crippen LogP contribution in [0.4, 0.5) is 5.82 Å². The molecule has 0 aromatic carbocycles. The Bertz CT molecular complexity index is 634. The number of nitrogens with zero attached hydrogens (tertiary/aromatic N) is 4. The number of pyridine rings is 1. The van der Waals surface area contributed by atoms with Gasteiger partial charge in [-0.15, -0.1) is 0 Å². The van der Waals surface area contributed by atoms with E-state index in [9.17, 15) is 9.59 Å².